The highest BCUT2D eigenvalue weighted by atomic mass is 79.9. The Morgan fingerprint density at radius 2 is 2.27 bits per heavy atom. The molecule has 1 fully saturated rings. The molecule has 0 amide bonds. The number of quaternary nitrogens is 1. The van der Waals surface area contributed by atoms with Gasteiger partial charge in [-0.1, -0.05) is 13.3 Å². The molecule has 2 unspecified atom stereocenters. The smallest absolute Gasteiger partial charge is 0.144 e. The predicted octanol–water partition coefficient (Wildman–Crippen LogP) is 2.75. The molecule has 0 saturated carbocycles. The number of halogens is 1. The van der Waals surface area contributed by atoms with Gasteiger partial charge in [0.1, 0.15) is 4.95 Å². The zero-order valence-corrected chi connectivity index (χ0v) is 9.23. The molecule has 2 atom stereocenters. The second kappa shape index (κ2) is 3.90. The molecule has 0 N–H and O–H groups in total. The van der Waals surface area contributed by atoms with E-state index in [1.54, 1.807) is 0 Å². The second-order valence-corrected chi connectivity index (χ2v) is 4.91. The van der Waals surface area contributed by atoms with Crippen molar-refractivity contribution < 1.29 is 4.48 Å². The fraction of sp³-hybridized carbons (Fsp3) is 1.00. The number of unbranched alkanes of at least 4 members (excludes halogenated alkanes) is 1. The van der Waals surface area contributed by atoms with Gasteiger partial charge in [-0.3, -0.25) is 0 Å². The molecule has 0 spiro atoms. The Morgan fingerprint density at radius 3 is 2.73 bits per heavy atom. The summed E-state index contributed by atoms with van der Waals surface area (Å²) in [7, 11) is 2.38. The average Bonchev–Trinajstić information content (AvgIpc) is 2.30. The van der Waals surface area contributed by atoms with Crippen LogP contribution in [0.25, 0.3) is 0 Å². The first-order valence-electron chi connectivity index (χ1n) is 4.67. The van der Waals surface area contributed by atoms with Crippen LogP contribution in [0.15, 0.2) is 0 Å². The number of likely N-dealkylation sites (tertiary alicyclic amines) is 1. The topological polar surface area (TPSA) is 0 Å². The summed E-state index contributed by atoms with van der Waals surface area (Å²) in [5.74, 6) is 0. The maximum atomic E-state index is 3.76. The van der Waals surface area contributed by atoms with E-state index in [2.05, 4.69) is 29.9 Å². The molecular formula is C9H19BrN+. The van der Waals surface area contributed by atoms with Crippen molar-refractivity contribution in [1.29, 1.82) is 0 Å². The van der Waals surface area contributed by atoms with Crippen molar-refractivity contribution in [2.45, 2.75) is 37.6 Å². The number of hydrogen-bond acceptors (Lipinski definition) is 0. The third-order valence-corrected chi connectivity index (χ3v) is 4.26. The maximum absolute atomic E-state index is 3.76. The Bertz CT molecular complexity index is 127. The van der Waals surface area contributed by atoms with E-state index in [0.29, 0.717) is 0 Å². The lowest BCUT2D eigenvalue weighted by Crippen LogP contribution is -2.45. The fourth-order valence-corrected chi connectivity index (χ4v) is 2.58. The van der Waals surface area contributed by atoms with Crippen molar-refractivity contribution in [2.24, 2.45) is 0 Å². The quantitative estimate of drug-likeness (QED) is 0.390. The summed E-state index contributed by atoms with van der Waals surface area (Å²) in [6.07, 6.45) is 5.46. The van der Waals surface area contributed by atoms with Gasteiger partial charge in [0.15, 0.2) is 0 Å². The summed E-state index contributed by atoms with van der Waals surface area (Å²) >= 11 is 3.76. The van der Waals surface area contributed by atoms with Gasteiger partial charge >= 0.3 is 0 Å². The molecule has 66 valence electrons. The van der Waals surface area contributed by atoms with Gasteiger partial charge in [-0.25, -0.2) is 0 Å². The molecule has 0 aliphatic carbocycles. The van der Waals surface area contributed by atoms with Crippen LogP contribution in [0.4, 0.5) is 0 Å². The molecule has 0 bridgehead atoms. The molecule has 1 saturated heterocycles. The van der Waals surface area contributed by atoms with Crippen LogP contribution in [0.3, 0.4) is 0 Å². The third kappa shape index (κ3) is 2.19. The van der Waals surface area contributed by atoms with E-state index in [-0.39, 0.29) is 0 Å². The van der Waals surface area contributed by atoms with Gasteiger partial charge in [-0.15, -0.1) is 0 Å². The molecule has 2 heteroatoms. The van der Waals surface area contributed by atoms with E-state index in [1.807, 2.05) is 0 Å². The minimum Gasteiger partial charge on any atom is -0.315 e. The van der Waals surface area contributed by atoms with E-state index in [1.165, 1.54) is 43.3 Å². The molecular weight excluding hydrogens is 202 g/mol. The number of alkyl halides is 1. The Hall–Kier alpha value is 0.440. The van der Waals surface area contributed by atoms with Gasteiger partial charge in [0.2, 0.25) is 0 Å². The number of nitrogens with zero attached hydrogens (tertiary/aromatic N) is 1. The normalized spacial score (nSPS) is 37.9. The first-order valence-corrected chi connectivity index (χ1v) is 5.59. The summed E-state index contributed by atoms with van der Waals surface area (Å²) < 4.78 is 1.26. The molecule has 1 nitrogen and oxygen atoms in total. The minimum atomic E-state index is 0.731. The minimum absolute atomic E-state index is 0.731. The van der Waals surface area contributed by atoms with E-state index < -0.39 is 0 Å². The van der Waals surface area contributed by atoms with E-state index in [0.717, 1.165) is 4.95 Å². The zero-order chi connectivity index (χ0) is 8.32. The molecule has 1 heterocycles. The van der Waals surface area contributed by atoms with E-state index in [9.17, 15) is 0 Å². The van der Waals surface area contributed by atoms with E-state index >= 15 is 0 Å². The molecule has 0 aromatic heterocycles. The van der Waals surface area contributed by atoms with Crippen molar-refractivity contribution in [1.82, 2.24) is 0 Å². The van der Waals surface area contributed by atoms with Crippen LogP contribution < -0.4 is 0 Å². The van der Waals surface area contributed by atoms with Gasteiger partial charge in [0.25, 0.3) is 0 Å². The fourth-order valence-electron chi connectivity index (χ4n) is 1.84. The molecule has 1 aliphatic heterocycles. The van der Waals surface area contributed by atoms with Crippen LogP contribution in [-0.4, -0.2) is 29.6 Å². The zero-order valence-electron chi connectivity index (χ0n) is 7.65. The molecule has 0 aromatic carbocycles. The van der Waals surface area contributed by atoms with Crippen molar-refractivity contribution in [3.8, 4) is 0 Å². The van der Waals surface area contributed by atoms with Gasteiger partial charge < -0.3 is 4.48 Å². The molecule has 1 rings (SSSR count). The van der Waals surface area contributed by atoms with Crippen molar-refractivity contribution in [3.63, 3.8) is 0 Å². The number of rotatable bonds is 3. The SMILES string of the molecule is CCCC[N+]1(C)CCCC1Br. The highest BCUT2D eigenvalue weighted by molar-refractivity contribution is 9.09. The largest absolute Gasteiger partial charge is 0.315 e. The highest BCUT2D eigenvalue weighted by Crippen LogP contribution is 2.29. The summed E-state index contributed by atoms with van der Waals surface area (Å²) in [6, 6.07) is 0. The van der Waals surface area contributed by atoms with Crippen molar-refractivity contribution in [2.75, 3.05) is 20.1 Å². The monoisotopic (exact) mass is 220 g/mol. The summed E-state index contributed by atoms with van der Waals surface area (Å²) in [4.78, 5) is 0.731. The van der Waals surface area contributed by atoms with Gasteiger partial charge in [0.05, 0.1) is 20.1 Å². The average molecular weight is 221 g/mol. The Morgan fingerprint density at radius 1 is 1.55 bits per heavy atom. The van der Waals surface area contributed by atoms with Crippen molar-refractivity contribution in [3.05, 3.63) is 0 Å². The van der Waals surface area contributed by atoms with Crippen LogP contribution in [0.5, 0.6) is 0 Å². The van der Waals surface area contributed by atoms with Crippen LogP contribution in [0.2, 0.25) is 0 Å². The highest BCUT2D eigenvalue weighted by Gasteiger charge is 2.34. The van der Waals surface area contributed by atoms with Crippen LogP contribution in [0, 0.1) is 0 Å². The molecule has 0 radical (unpaired) electrons. The van der Waals surface area contributed by atoms with Gasteiger partial charge in [-0.2, -0.15) is 0 Å². The lowest BCUT2D eigenvalue weighted by molar-refractivity contribution is -0.905. The first kappa shape index (κ1) is 9.53. The summed E-state index contributed by atoms with van der Waals surface area (Å²) in [5, 5.41) is 0. The summed E-state index contributed by atoms with van der Waals surface area (Å²) in [5.41, 5.74) is 0. The Labute approximate surface area is 78.5 Å². The van der Waals surface area contributed by atoms with Crippen LogP contribution in [-0.2, 0) is 0 Å². The number of hydrogen-bond donors (Lipinski definition) is 0. The lowest BCUT2D eigenvalue weighted by Gasteiger charge is -2.33. The van der Waals surface area contributed by atoms with E-state index in [4.69, 9.17) is 0 Å². The Kier molecular flexibility index (Phi) is 3.38. The summed E-state index contributed by atoms with van der Waals surface area (Å²) in [6.45, 7) is 4.99. The van der Waals surface area contributed by atoms with Gasteiger partial charge in [-0.05, 0) is 22.4 Å². The van der Waals surface area contributed by atoms with Crippen LogP contribution in [0.1, 0.15) is 32.6 Å². The van der Waals surface area contributed by atoms with Crippen LogP contribution >= 0.6 is 15.9 Å². The third-order valence-electron chi connectivity index (χ3n) is 2.81. The lowest BCUT2D eigenvalue weighted by atomic mass is 10.3. The maximum Gasteiger partial charge on any atom is 0.144 e. The molecule has 0 aromatic rings. The van der Waals surface area contributed by atoms with Gasteiger partial charge in [0, 0.05) is 12.8 Å². The van der Waals surface area contributed by atoms with Crippen molar-refractivity contribution >= 4 is 15.9 Å². The second-order valence-electron chi connectivity index (χ2n) is 3.86. The molecule has 1 aliphatic rings. The first-order chi connectivity index (χ1) is 5.19. The Balaban J connectivity index is 2.38. The standard InChI is InChI=1S/C9H19BrN/c1-3-4-7-11(2)8-5-6-9(11)10/h9H,3-8H2,1-2H3/q+1. The predicted molar refractivity (Wildman–Crippen MR) is 52.8 cm³/mol. The molecule has 11 heavy (non-hydrogen) atoms.